The molecule has 0 amide bonds. The Morgan fingerprint density at radius 1 is 1.24 bits per heavy atom. The first-order chi connectivity index (χ1) is 8.31. The van der Waals surface area contributed by atoms with Crippen molar-refractivity contribution in [1.82, 2.24) is 5.32 Å². The molecule has 0 saturated carbocycles. The molecule has 0 fully saturated rings. The Hall–Kier alpha value is -1.02. The van der Waals surface area contributed by atoms with E-state index in [0.717, 1.165) is 12.3 Å². The number of hydrogen-bond acceptors (Lipinski definition) is 2. The van der Waals surface area contributed by atoms with Gasteiger partial charge in [-0.25, -0.2) is 0 Å². The molecule has 1 N–H and O–H groups in total. The number of hydrogen-bond donors (Lipinski definition) is 1. The van der Waals surface area contributed by atoms with Gasteiger partial charge in [-0.15, -0.1) is 0 Å². The molecule has 1 aromatic rings. The zero-order chi connectivity index (χ0) is 12.5. The van der Waals surface area contributed by atoms with E-state index in [1.54, 1.807) is 7.11 Å². The lowest BCUT2D eigenvalue weighted by atomic mass is 10.1. The van der Waals surface area contributed by atoms with Gasteiger partial charge in [0.25, 0.3) is 0 Å². The lowest BCUT2D eigenvalue weighted by Gasteiger charge is -2.17. The van der Waals surface area contributed by atoms with Crippen LogP contribution in [0.4, 0.5) is 0 Å². The predicted molar refractivity (Wildman–Crippen MR) is 73.4 cm³/mol. The van der Waals surface area contributed by atoms with Crippen molar-refractivity contribution in [2.24, 2.45) is 0 Å². The maximum Gasteiger partial charge on any atom is 0.123 e. The summed E-state index contributed by atoms with van der Waals surface area (Å²) >= 11 is 0. The van der Waals surface area contributed by atoms with Gasteiger partial charge >= 0.3 is 0 Å². The van der Waals surface area contributed by atoms with Gasteiger partial charge in [0.15, 0.2) is 0 Å². The summed E-state index contributed by atoms with van der Waals surface area (Å²) < 4.78 is 5.35. The molecular weight excluding hydrogens is 210 g/mol. The molecule has 2 heteroatoms. The third-order valence-electron chi connectivity index (χ3n) is 3.17. The summed E-state index contributed by atoms with van der Waals surface area (Å²) in [5.74, 6) is 0.977. The summed E-state index contributed by atoms with van der Waals surface area (Å²) in [6.07, 6.45) is 5.03. The Morgan fingerprint density at radius 3 is 2.65 bits per heavy atom. The molecular formula is C15H25NO. The minimum Gasteiger partial charge on any atom is -0.496 e. The van der Waals surface area contributed by atoms with Crippen LogP contribution in [-0.4, -0.2) is 13.2 Å². The fourth-order valence-electron chi connectivity index (χ4n) is 2.00. The molecule has 1 rings (SSSR count). The Morgan fingerprint density at radius 2 is 2.00 bits per heavy atom. The van der Waals surface area contributed by atoms with Crippen molar-refractivity contribution in [2.75, 3.05) is 7.11 Å². The largest absolute Gasteiger partial charge is 0.496 e. The Balaban J connectivity index is 2.47. The Labute approximate surface area is 105 Å². The van der Waals surface area contributed by atoms with Crippen molar-refractivity contribution in [3.8, 4) is 5.75 Å². The fraction of sp³-hybridized carbons (Fsp3) is 0.600. The molecule has 1 aromatic carbocycles. The van der Waals surface area contributed by atoms with Crippen molar-refractivity contribution in [2.45, 2.75) is 52.1 Å². The molecule has 0 aromatic heterocycles. The van der Waals surface area contributed by atoms with Crippen LogP contribution in [0.2, 0.25) is 0 Å². The fourth-order valence-corrected chi connectivity index (χ4v) is 2.00. The molecule has 17 heavy (non-hydrogen) atoms. The van der Waals surface area contributed by atoms with Crippen LogP contribution in [0.25, 0.3) is 0 Å². The molecule has 0 aliphatic heterocycles. The molecule has 1 unspecified atom stereocenters. The zero-order valence-corrected chi connectivity index (χ0v) is 11.3. The van der Waals surface area contributed by atoms with E-state index in [0.29, 0.717) is 6.04 Å². The van der Waals surface area contributed by atoms with Crippen LogP contribution in [0.1, 0.15) is 45.1 Å². The summed E-state index contributed by atoms with van der Waals surface area (Å²) in [4.78, 5) is 0. The molecule has 0 heterocycles. The minimum absolute atomic E-state index is 0.625. The molecule has 0 saturated heterocycles. The van der Waals surface area contributed by atoms with Crippen LogP contribution in [0, 0.1) is 0 Å². The van der Waals surface area contributed by atoms with E-state index in [9.17, 15) is 0 Å². The first-order valence-electron chi connectivity index (χ1n) is 6.67. The Bertz CT molecular complexity index is 312. The quantitative estimate of drug-likeness (QED) is 0.741. The summed E-state index contributed by atoms with van der Waals surface area (Å²) in [6.45, 7) is 5.38. The summed E-state index contributed by atoms with van der Waals surface area (Å²) in [5.41, 5.74) is 1.24. The number of benzene rings is 1. The normalized spacial score (nSPS) is 12.4. The summed E-state index contributed by atoms with van der Waals surface area (Å²) in [7, 11) is 1.73. The maximum absolute atomic E-state index is 5.35. The van der Waals surface area contributed by atoms with E-state index in [-0.39, 0.29) is 0 Å². The third kappa shape index (κ3) is 4.78. The van der Waals surface area contributed by atoms with Crippen molar-refractivity contribution in [3.63, 3.8) is 0 Å². The monoisotopic (exact) mass is 235 g/mol. The van der Waals surface area contributed by atoms with E-state index < -0.39 is 0 Å². The number of nitrogens with one attached hydrogen (secondary N) is 1. The molecule has 0 radical (unpaired) electrons. The van der Waals surface area contributed by atoms with Crippen LogP contribution in [-0.2, 0) is 6.54 Å². The van der Waals surface area contributed by atoms with E-state index in [1.807, 2.05) is 12.1 Å². The molecule has 2 nitrogen and oxygen atoms in total. The van der Waals surface area contributed by atoms with Gasteiger partial charge < -0.3 is 10.1 Å². The first-order valence-corrected chi connectivity index (χ1v) is 6.67. The van der Waals surface area contributed by atoms with E-state index >= 15 is 0 Å². The highest BCUT2D eigenvalue weighted by molar-refractivity contribution is 5.32. The molecule has 0 bridgehead atoms. The SMILES string of the molecule is CCCCC(CC)NCc1ccccc1OC. The first kappa shape index (κ1) is 14.0. The third-order valence-corrected chi connectivity index (χ3v) is 3.17. The molecule has 0 aliphatic rings. The van der Waals surface area contributed by atoms with Crippen LogP contribution in [0.15, 0.2) is 24.3 Å². The molecule has 0 spiro atoms. The van der Waals surface area contributed by atoms with Crippen LogP contribution >= 0.6 is 0 Å². The molecule has 1 atom stereocenters. The van der Waals surface area contributed by atoms with Crippen molar-refractivity contribution in [1.29, 1.82) is 0 Å². The average Bonchev–Trinajstić information content (AvgIpc) is 2.39. The maximum atomic E-state index is 5.35. The second-order valence-corrected chi connectivity index (χ2v) is 4.44. The molecule has 96 valence electrons. The standard InChI is InChI=1S/C15H25NO/c1-4-6-10-14(5-2)16-12-13-9-7-8-11-15(13)17-3/h7-9,11,14,16H,4-6,10,12H2,1-3H3. The van der Waals surface area contributed by atoms with Gasteiger partial charge in [0.2, 0.25) is 0 Å². The van der Waals surface area contributed by atoms with Crippen LogP contribution in [0.5, 0.6) is 5.75 Å². The zero-order valence-electron chi connectivity index (χ0n) is 11.3. The topological polar surface area (TPSA) is 21.3 Å². The lowest BCUT2D eigenvalue weighted by Crippen LogP contribution is -2.27. The lowest BCUT2D eigenvalue weighted by molar-refractivity contribution is 0.400. The van der Waals surface area contributed by atoms with Gasteiger partial charge in [0.05, 0.1) is 7.11 Å². The number of para-hydroxylation sites is 1. The van der Waals surface area contributed by atoms with Gasteiger partial charge in [0.1, 0.15) is 5.75 Å². The van der Waals surface area contributed by atoms with E-state index in [2.05, 4.69) is 31.3 Å². The van der Waals surface area contributed by atoms with Crippen LogP contribution < -0.4 is 10.1 Å². The minimum atomic E-state index is 0.625. The van der Waals surface area contributed by atoms with Gasteiger partial charge in [-0.2, -0.15) is 0 Å². The van der Waals surface area contributed by atoms with Gasteiger partial charge in [0, 0.05) is 18.2 Å². The highest BCUT2D eigenvalue weighted by Crippen LogP contribution is 2.17. The smallest absolute Gasteiger partial charge is 0.123 e. The molecule has 0 aliphatic carbocycles. The van der Waals surface area contributed by atoms with Gasteiger partial charge in [-0.3, -0.25) is 0 Å². The Kier molecular flexibility index (Phi) is 6.71. The van der Waals surface area contributed by atoms with Gasteiger partial charge in [-0.1, -0.05) is 44.9 Å². The predicted octanol–water partition coefficient (Wildman–Crippen LogP) is 3.75. The van der Waals surface area contributed by atoms with E-state index in [1.165, 1.54) is 31.2 Å². The van der Waals surface area contributed by atoms with Crippen molar-refractivity contribution < 1.29 is 4.74 Å². The summed E-state index contributed by atoms with van der Waals surface area (Å²) in [5, 5.41) is 3.62. The number of ether oxygens (including phenoxy) is 1. The second-order valence-electron chi connectivity index (χ2n) is 4.44. The second kappa shape index (κ2) is 8.13. The number of methoxy groups -OCH3 is 1. The van der Waals surface area contributed by atoms with Crippen LogP contribution in [0.3, 0.4) is 0 Å². The van der Waals surface area contributed by atoms with Crippen molar-refractivity contribution in [3.05, 3.63) is 29.8 Å². The average molecular weight is 235 g/mol. The van der Waals surface area contributed by atoms with Gasteiger partial charge in [-0.05, 0) is 18.9 Å². The number of rotatable bonds is 8. The highest BCUT2D eigenvalue weighted by atomic mass is 16.5. The number of unbranched alkanes of at least 4 members (excludes halogenated alkanes) is 1. The highest BCUT2D eigenvalue weighted by Gasteiger charge is 2.07. The van der Waals surface area contributed by atoms with Crippen molar-refractivity contribution >= 4 is 0 Å². The summed E-state index contributed by atoms with van der Waals surface area (Å²) in [6, 6.07) is 8.84. The van der Waals surface area contributed by atoms with E-state index in [4.69, 9.17) is 4.74 Å².